The fraction of sp³-hybridized carbons (Fsp3) is 0.308. The zero-order valence-electron chi connectivity index (χ0n) is 11.4. The van der Waals surface area contributed by atoms with Crippen LogP contribution in [0.25, 0.3) is 6.08 Å². The molecule has 1 aliphatic rings. The Bertz CT molecular complexity index is 619. The second-order valence-corrected chi connectivity index (χ2v) is 5.80. The van der Waals surface area contributed by atoms with Gasteiger partial charge in [-0.25, -0.2) is 4.79 Å². The molecule has 1 amide bonds. The van der Waals surface area contributed by atoms with E-state index in [0.717, 1.165) is 5.69 Å². The van der Waals surface area contributed by atoms with E-state index in [2.05, 4.69) is 0 Å². The van der Waals surface area contributed by atoms with Gasteiger partial charge in [-0.2, -0.15) is 0 Å². The first-order chi connectivity index (χ1) is 9.49. The van der Waals surface area contributed by atoms with Crippen LogP contribution in [-0.2, 0) is 16.6 Å². The molecule has 0 unspecified atom stereocenters. The van der Waals surface area contributed by atoms with E-state index in [1.165, 1.54) is 18.9 Å². The van der Waals surface area contributed by atoms with Gasteiger partial charge in [0.25, 0.3) is 5.91 Å². The number of rotatable bonds is 3. The Labute approximate surface area is 126 Å². The molecule has 1 saturated heterocycles. The van der Waals surface area contributed by atoms with Crippen molar-refractivity contribution < 1.29 is 14.3 Å². The predicted molar refractivity (Wildman–Crippen MR) is 82.3 cm³/mol. The first-order valence-electron chi connectivity index (χ1n) is 5.99. The summed E-state index contributed by atoms with van der Waals surface area (Å²) in [5.74, 6) is -0.503. The minimum absolute atomic E-state index is 0.0941. The van der Waals surface area contributed by atoms with Crippen LogP contribution in [0.15, 0.2) is 17.0 Å². The van der Waals surface area contributed by atoms with E-state index in [0.29, 0.717) is 21.5 Å². The van der Waals surface area contributed by atoms with Crippen molar-refractivity contribution >= 4 is 46.3 Å². The maximum atomic E-state index is 12.1. The number of amides is 1. The van der Waals surface area contributed by atoms with Crippen LogP contribution in [0.1, 0.15) is 23.1 Å². The molecule has 0 atom stereocenters. The van der Waals surface area contributed by atoms with Crippen LogP contribution in [0, 0.1) is 0 Å². The quantitative estimate of drug-likeness (QED) is 0.486. The first-order valence-corrected chi connectivity index (χ1v) is 7.21. The molecular formula is C13H14N2O3S2. The third-order valence-electron chi connectivity index (χ3n) is 3.02. The molecule has 0 aliphatic carbocycles. The molecule has 20 heavy (non-hydrogen) atoms. The molecule has 106 valence electrons. The summed E-state index contributed by atoms with van der Waals surface area (Å²) in [5.41, 5.74) is 1.19. The zero-order valence-corrected chi connectivity index (χ0v) is 13.0. The molecule has 1 aromatic heterocycles. The average molecular weight is 310 g/mol. The van der Waals surface area contributed by atoms with Crippen molar-refractivity contribution in [2.24, 2.45) is 7.05 Å². The van der Waals surface area contributed by atoms with Crippen molar-refractivity contribution in [1.82, 2.24) is 9.47 Å². The van der Waals surface area contributed by atoms with Crippen LogP contribution in [-0.4, -0.2) is 39.3 Å². The number of carbonyl (C=O) groups excluding carboxylic acids is 2. The summed E-state index contributed by atoms with van der Waals surface area (Å²) >= 11 is 6.43. The molecule has 1 fully saturated rings. The smallest absolute Gasteiger partial charge is 0.354 e. The van der Waals surface area contributed by atoms with Crippen molar-refractivity contribution in [3.8, 4) is 0 Å². The minimum Gasteiger partial charge on any atom is -0.464 e. The Hall–Kier alpha value is -1.60. The molecule has 0 saturated carbocycles. The van der Waals surface area contributed by atoms with E-state index >= 15 is 0 Å². The Morgan fingerprint density at radius 3 is 2.75 bits per heavy atom. The van der Waals surface area contributed by atoms with Crippen LogP contribution in [0.3, 0.4) is 0 Å². The topological polar surface area (TPSA) is 51.5 Å². The molecule has 0 aromatic carbocycles. The van der Waals surface area contributed by atoms with Gasteiger partial charge in [0, 0.05) is 19.3 Å². The van der Waals surface area contributed by atoms with Gasteiger partial charge < -0.3 is 9.30 Å². The summed E-state index contributed by atoms with van der Waals surface area (Å²) in [7, 11) is 3.08. The monoisotopic (exact) mass is 310 g/mol. The highest BCUT2D eigenvalue weighted by Crippen LogP contribution is 2.32. The second kappa shape index (κ2) is 5.80. The summed E-state index contributed by atoms with van der Waals surface area (Å²) in [6, 6.07) is 3.43. The van der Waals surface area contributed by atoms with E-state index < -0.39 is 5.97 Å². The van der Waals surface area contributed by atoms with Crippen molar-refractivity contribution in [3.05, 3.63) is 28.4 Å². The van der Waals surface area contributed by atoms with Gasteiger partial charge in [-0.1, -0.05) is 24.0 Å². The Morgan fingerprint density at radius 1 is 1.50 bits per heavy atom. The number of ether oxygens (including phenoxy) is 1. The Morgan fingerprint density at radius 2 is 2.20 bits per heavy atom. The van der Waals surface area contributed by atoms with Crippen LogP contribution < -0.4 is 0 Å². The zero-order chi connectivity index (χ0) is 14.9. The summed E-state index contributed by atoms with van der Waals surface area (Å²) < 4.78 is 6.94. The summed E-state index contributed by atoms with van der Waals surface area (Å²) in [5, 5.41) is 0. The number of esters is 1. The molecule has 0 spiro atoms. The van der Waals surface area contributed by atoms with E-state index in [1.807, 2.05) is 6.92 Å². The number of thiocarbonyl (C=S) groups is 1. The second-order valence-electron chi connectivity index (χ2n) is 4.12. The number of aromatic nitrogens is 1. The number of carbonyl (C=O) groups is 2. The van der Waals surface area contributed by atoms with E-state index in [4.69, 9.17) is 17.0 Å². The molecule has 1 aromatic rings. The normalized spacial score (nSPS) is 17.1. The van der Waals surface area contributed by atoms with Crippen molar-refractivity contribution in [3.63, 3.8) is 0 Å². The predicted octanol–water partition coefficient (Wildman–Crippen LogP) is 2.03. The van der Waals surface area contributed by atoms with Crippen LogP contribution in [0.5, 0.6) is 0 Å². The van der Waals surface area contributed by atoms with E-state index in [1.54, 1.807) is 34.7 Å². The molecular weight excluding hydrogens is 296 g/mol. The minimum atomic E-state index is -0.409. The third kappa shape index (κ3) is 2.51. The van der Waals surface area contributed by atoms with Gasteiger partial charge in [-0.15, -0.1) is 0 Å². The van der Waals surface area contributed by atoms with Gasteiger partial charge in [0.15, 0.2) is 0 Å². The van der Waals surface area contributed by atoms with E-state index in [-0.39, 0.29) is 5.91 Å². The fourth-order valence-electron chi connectivity index (χ4n) is 1.89. The molecule has 2 heterocycles. The third-order valence-corrected chi connectivity index (χ3v) is 4.40. The molecule has 0 N–H and O–H groups in total. The SMILES string of the molecule is CCN1C(=O)/C(=C\c2ccc(C(=O)OC)n2C)SC1=S. The molecule has 0 radical (unpaired) electrons. The highest BCUT2D eigenvalue weighted by molar-refractivity contribution is 8.26. The molecule has 1 aliphatic heterocycles. The molecule has 5 nitrogen and oxygen atoms in total. The maximum absolute atomic E-state index is 12.1. The lowest BCUT2D eigenvalue weighted by molar-refractivity contribution is -0.121. The summed E-state index contributed by atoms with van der Waals surface area (Å²) in [6.07, 6.45) is 1.74. The molecule has 0 bridgehead atoms. The number of methoxy groups -OCH3 is 1. The van der Waals surface area contributed by atoms with E-state index in [9.17, 15) is 9.59 Å². The van der Waals surface area contributed by atoms with Gasteiger partial charge in [0.2, 0.25) is 0 Å². The first kappa shape index (κ1) is 14.8. The maximum Gasteiger partial charge on any atom is 0.354 e. The van der Waals surface area contributed by atoms with Gasteiger partial charge in [0.05, 0.1) is 12.0 Å². The van der Waals surface area contributed by atoms with Crippen molar-refractivity contribution in [1.29, 1.82) is 0 Å². The summed E-state index contributed by atoms with van der Waals surface area (Å²) in [4.78, 5) is 25.8. The van der Waals surface area contributed by atoms with Crippen LogP contribution >= 0.6 is 24.0 Å². The highest BCUT2D eigenvalue weighted by atomic mass is 32.2. The van der Waals surface area contributed by atoms with Gasteiger partial charge in [-0.05, 0) is 25.1 Å². The average Bonchev–Trinajstić information content (AvgIpc) is 2.91. The standard InChI is InChI=1S/C13H14N2O3S2/c1-4-15-11(16)10(20-13(15)19)7-8-5-6-9(14(8)2)12(17)18-3/h5-7H,4H2,1-3H3/b10-7+. The number of nitrogens with zero attached hydrogens (tertiary/aromatic N) is 2. The van der Waals surface area contributed by atoms with Crippen LogP contribution in [0.4, 0.5) is 0 Å². The lowest BCUT2D eigenvalue weighted by Crippen LogP contribution is -2.27. The molecule has 2 rings (SSSR count). The van der Waals surface area contributed by atoms with Crippen LogP contribution in [0.2, 0.25) is 0 Å². The van der Waals surface area contributed by atoms with Gasteiger partial charge >= 0.3 is 5.97 Å². The number of thioether (sulfide) groups is 1. The van der Waals surface area contributed by atoms with Gasteiger partial charge in [0.1, 0.15) is 10.0 Å². The Kier molecular flexibility index (Phi) is 4.29. The Balaban J connectivity index is 2.33. The summed E-state index contributed by atoms with van der Waals surface area (Å²) in [6.45, 7) is 2.44. The number of hydrogen-bond acceptors (Lipinski definition) is 5. The highest BCUT2D eigenvalue weighted by Gasteiger charge is 2.30. The fourth-order valence-corrected chi connectivity index (χ4v) is 3.26. The largest absolute Gasteiger partial charge is 0.464 e. The number of hydrogen-bond donors (Lipinski definition) is 0. The lowest BCUT2D eigenvalue weighted by atomic mass is 10.3. The van der Waals surface area contributed by atoms with Crippen molar-refractivity contribution in [2.45, 2.75) is 6.92 Å². The lowest BCUT2D eigenvalue weighted by Gasteiger charge is -2.09. The number of likely N-dealkylation sites (N-methyl/N-ethyl adjacent to an activating group) is 1. The molecule has 7 heteroatoms. The van der Waals surface area contributed by atoms with Crippen molar-refractivity contribution in [2.75, 3.05) is 13.7 Å². The van der Waals surface area contributed by atoms with Gasteiger partial charge in [-0.3, -0.25) is 9.69 Å².